The topological polar surface area (TPSA) is 15.3 Å². The molecule has 2 nitrogen and oxygen atoms in total. The molecule has 1 heterocycles. The maximum absolute atomic E-state index is 12.9. The van der Waals surface area contributed by atoms with Crippen molar-refractivity contribution in [3.63, 3.8) is 0 Å². The van der Waals surface area contributed by atoms with Crippen LogP contribution in [0.5, 0.6) is 0 Å². The molecule has 0 bridgehead atoms. The second kappa shape index (κ2) is 5.47. The standard InChI is InChI=1S/C15H18BrF3N2/c1-9-6-11(8-21(9)12-3-4-12)20-10-2-5-14(16)13(7-10)15(17,18)19/h2,5,7,9,11-12,20H,3-4,6,8H2,1H3. The average Bonchev–Trinajstić information content (AvgIpc) is 3.15. The summed E-state index contributed by atoms with van der Waals surface area (Å²) in [6, 6.07) is 5.78. The molecule has 1 saturated carbocycles. The Balaban J connectivity index is 1.71. The zero-order chi connectivity index (χ0) is 15.2. The van der Waals surface area contributed by atoms with Crippen LogP contribution in [-0.2, 0) is 6.18 Å². The summed E-state index contributed by atoms with van der Waals surface area (Å²) in [5.41, 5.74) is -0.0852. The summed E-state index contributed by atoms with van der Waals surface area (Å²) in [5.74, 6) is 0. The Morgan fingerprint density at radius 1 is 1.29 bits per heavy atom. The quantitative estimate of drug-likeness (QED) is 0.851. The third-order valence-corrected chi connectivity index (χ3v) is 4.97. The number of rotatable bonds is 3. The van der Waals surface area contributed by atoms with Gasteiger partial charge in [-0.15, -0.1) is 0 Å². The van der Waals surface area contributed by atoms with Crippen LogP contribution in [0.4, 0.5) is 18.9 Å². The number of likely N-dealkylation sites (tertiary alicyclic amines) is 1. The average molecular weight is 363 g/mol. The van der Waals surface area contributed by atoms with Crippen LogP contribution in [0.1, 0.15) is 31.7 Å². The summed E-state index contributed by atoms with van der Waals surface area (Å²) in [7, 11) is 0. The molecule has 1 aromatic rings. The number of hydrogen-bond donors (Lipinski definition) is 1. The van der Waals surface area contributed by atoms with Gasteiger partial charge in [-0.25, -0.2) is 0 Å². The number of nitrogens with one attached hydrogen (secondary N) is 1. The third kappa shape index (κ3) is 3.37. The molecule has 21 heavy (non-hydrogen) atoms. The van der Waals surface area contributed by atoms with Crippen molar-refractivity contribution in [2.75, 3.05) is 11.9 Å². The molecule has 116 valence electrons. The highest BCUT2D eigenvalue weighted by Gasteiger charge is 2.39. The lowest BCUT2D eigenvalue weighted by Crippen LogP contribution is -2.31. The molecule has 1 aliphatic heterocycles. The summed E-state index contributed by atoms with van der Waals surface area (Å²) in [6.07, 6.45) is -0.839. The van der Waals surface area contributed by atoms with Gasteiger partial charge in [0, 0.05) is 34.8 Å². The van der Waals surface area contributed by atoms with E-state index in [-0.39, 0.29) is 10.5 Å². The van der Waals surface area contributed by atoms with E-state index in [2.05, 4.69) is 33.1 Å². The van der Waals surface area contributed by atoms with E-state index in [4.69, 9.17) is 0 Å². The Bertz CT molecular complexity index is 528. The molecule has 2 fully saturated rings. The van der Waals surface area contributed by atoms with Crippen molar-refractivity contribution in [1.82, 2.24) is 4.90 Å². The minimum absolute atomic E-state index is 0.0833. The van der Waals surface area contributed by atoms with E-state index in [1.807, 2.05) is 0 Å². The Hall–Kier alpha value is -0.750. The van der Waals surface area contributed by atoms with Gasteiger partial charge < -0.3 is 5.32 Å². The van der Waals surface area contributed by atoms with E-state index in [1.165, 1.54) is 25.0 Å². The molecule has 0 aromatic heterocycles. The molecule has 0 amide bonds. The van der Waals surface area contributed by atoms with Gasteiger partial charge in [-0.2, -0.15) is 13.2 Å². The van der Waals surface area contributed by atoms with Gasteiger partial charge in [0.05, 0.1) is 5.56 Å². The van der Waals surface area contributed by atoms with Crippen molar-refractivity contribution in [1.29, 1.82) is 0 Å². The first-order valence-electron chi connectivity index (χ1n) is 7.23. The van der Waals surface area contributed by atoms with Crippen LogP contribution in [0.25, 0.3) is 0 Å². The predicted octanol–water partition coefficient (Wildman–Crippen LogP) is 4.51. The lowest BCUT2D eigenvalue weighted by molar-refractivity contribution is -0.138. The van der Waals surface area contributed by atoms with E-state index in [0.29, 0.717) is 17.8 Å². The predicted molar refractivity (Wildman–Crippen MR) is 80.4 cm³/mol. The van der Waals surface area contributed by atoms with E-state index in [1.54, 1.807) is 6.07 Å². The zero-order valence-corrected chi connectivity index (χ0v) is 13.3. The summed E-state index contributed by atoms with van der Waals surface area (Å²) in [5, 5.41) is 3.26. The molecule has 2 unspecified atom stereocenters. The van der Waals surface area contributed by atoms with Crippen LogP contribution in [0.3, 0.4) is 0 Å². The van der Waals surface area contributed by atoms with Gasteiger partial charge in [0.1, 0.15) is 0 Å². The number of hydrogen-bond acceptors (Lipinski definition) is 2. The first-order chi connectivity index (χ1) is 9.84. The molecule has 2 aliphatic rings. The summed E-state index contributed by atoms with van der Waals surface area (Å²) in [4.78, 5) is 2.47. The number of nitrogens with zero attached hydrogens (tertiary/aromatic N) is 1. The van der Waals surface area contributed by atoms with Gasteiger partial charge >= 0.3 is 6.18 Å². The fourth-order valence-electron chi connectivity index (χ4n) is 3.14. The second-order valence-corrected chi connectivity index (χ2v) is 6.90. The van der Waals surface area contributed by atoms with Crippen LogP contribution >= 0.6 is 15.9 Å². The minimum Gasteiger partial charge on any atom is -0.381 e. The molecule has 1 saturated heterocycles. The number of alkyl halides is 3. The summed E-state index contributed by atoms with van der Waals surface area (Å²) in [6.45, 7) is 3.12. The van der Waals surface area contributed by atoms with E-state index < -0.39 is 11.7 Å². The molecule has 1 N–H and O–H groups in total. The van der Waals surface area contributed by atoms with Gasteiger partial charge in [-0.05, 0) is 44.4 Å². The first-order valence-corrected chi connectivity index (χ1v) is 8.03. The largest absolute Gasteiger partial charge is 0.417 e. The lowest BCUT2D eigenvalue weighted by Gasteiger charge is -2.20. The smallest absolute Gasteiger partial charge is 0.381 e. The van der Waals surface area contributed by atoms with Crippen molar-refractivity contribution < 1.29 is 13.2 Å². The number of anilines is 1. The van der Waals surface area contributed by atoms with Crippen molar-refractivity contribution in [3.8, 4) is 0 Å². The van der Waals surface area contributed by atoms with Gasteiger partial charge in [-0.3, -0.25) is 4.90 Å². The Morgan fingerprint density at radius 3 is 2.62 bits per heavy atom. The van der Waals surface area contributed by atoms with Crippen LogP contribution in [-0.4, -0.2) is 29.6 Å². The molecule has 1 aliphatic carbocycles. The van der Waals surface area contributed by atoms with Gasteiger partial charge in [0.25, 0.3) is 0 Å². The third-order valence-electron chi connectivity index (χ3n) is 4.28. The van der Waals surface area contributed by atoms with Crippen molar-refractivity contribution >= 4 is 21.6 Å². The van der Waals surface area contributed by atoms with Gasteiger partial charge in [0.15, 0.2) is 0 Å². The summed E-state index contributed by atoms with van der Waals surface area (Å²) >= 11 is 2.97. The van der Waals surface area contributed by atoms with E-state index >= 15 is 0 Å². The fourth-order valence-corrected chi connectivity index (χ4v) is 3.62. The molecule has 3 rings (SSSR count). The molecular weight excluding hydrogens is 345 g/mol. The second-order valence-electron chi connectivity index (χ2n) is 6.05. The summed E-state index contributed by atoms with van der Waals surface area (Å²) < 4.78 is 38.8. The zero-order valence-electron chi connectivity index (χ0n) is 11.8. The SMILES string of the molecule is CC1CC(Nc2ccc(Br)c(C(F)(F)F)c2)CN1C1CC1. The number of benzene rings is 1. The van der Waals surface area contributed by atoms with Crippen molar-refractivity contribution in [2.24, 2.45) is 0 Å². The molecule has 0 radical (unpaired) electrons. The fraction of sp³-hybridized carbons (Fsp3) is 0.600. The minimum atomic E-state index is -4.33. The highest BCUT2D eigenvalue weighted by atomic mass is 79.9. The maximum Gasteiger partial charge on any atom is 0.417 e. The van der Waals surface area contributed by atoms with Crippen LogP contribution in [0.15, 0.2) is 22.7 Å². The van der Waals surface area contributed by atoms with Crippen molar-refractivity contribution in [3.05, 3.63) is 28.2 Å². The monoisotopic (exact) mass is 362 g/mol. The first kappa shape index (κ1) is 15.2. The molecule has 0 spiro atoms. The molecule has 2 atom stereocenters. The molecule has 1 aromatic carbocycles. The Kier molecular flexibility index (Phi) is 3.94. The highest BCUT2D eigenvalue weighted by Crippen LogP contribution is 2.37. The lowest BCUT2D eigenvalue weighted by atomic mass is 10.1. The van der Waals surface area contributed by atoms with E-state index in [9.17, 15) is 13.2 Å². The maximum atomic E-state index is 12.9. The van der Waals surface area contributed by atoms with Crippen LogP contribution in [0, 0.1) is 0 Å². The highest BCUT2D eigenvalue weighted by molar-refractivity contribution is 9.10. The number of halogens is 4. The van der Waals surface area contributed by atoms with Gasteiger partial charge in [-0.1, -0.05) is 15.9 Å². The Labute approximate surface area is 130 Å². The molecule has 6 heteroatoms. The van der Waals surface area contributed by atoms with Gasteiger partial charge in [0.2, 0.25) is 0 Å². The van der Waals surface area contributed by atoms with Crippen LogP contribution < -0.4 is 5.32 Å². The van der Waals surface area contributed by atoms with Crippen molar-refractivity contribution in [2.45, 2.75) is 50.5 Å². The van der Waals surface area contributed by atoms with Crippen LogP contribution in [0.2, 0.25) is 0 Å². The van der Waals surface area contributed by atoms with E-state index in [0.717, 1.165) is 13.0 Å². The normalized spacial score (nSPS) is 27.1. The molecular formula is C15H18BrF3N2. The Morgan fingerprint density at radius 2 is 2.00 bits per heavy atom.